The normalized spacial score (nSPS) is 10.5. The van der Waals surface area contributed by atoms with E-state index in [4.69, 9.17) is 11.6 Å². The molecule has 2 heterocycles. The van der Waals surface area contributed by atoms with Crippen LogP contribution in [0.3, 0.4) is 0 Å². The van der Waals surface area contributed by atoms with Crippen LogP contribution in [0.5, 0.6) is 0 Å². The summed E-state index contributed by atoms with van der Waals surface area (Å²) in [7, 11) is 3.76. The number of amides is 2. The maximum Gasteiger partial charge on any atom is 0.325 e. The van der Waals surface area contributed by atoms with E-state index in [0.717, 1.165) is 16.3 Å². The average molecular weight is 389 g/mol. The first-order valence-electron chi connectivity index (χ1n) is 7.74. The third-order valence-corrected chi connectivity index (χ3v) is 4.71. The first-order valence-corrected chi connectivity index (χ1v) is 8.93. The van der Waals surface area contributed by atoms with Gasteiger partial charge in [-0.2, -0.15) is 0 Å². The van der Waals surface area contributed by atoms with E-state index in [1.54, 1.807) is 30.5 Å². The lowest BCUT2D eigenvalue weighted by Crippen LogP contribution is -2.19. The fraction of sp³-hybridized carbons (Fsp3) is 0.176. The van der Waals surface area contributed by atoms with Crippen LogP contribution in [0.2, 0.25) is 5.02 Å². The molecule has 0 aliphatic carbocycles. The number of nitrogens with one attached hydrogen (secondary N) is 2. The highest BCUT2D eigenvalue weighted by molar-refractivity contribution is 7.19. The molecule has 0 aliphatic heterocycles. The standard InChI is InChI=1S/C17H17ClN6OS/c1-10-14(13-7-8-19-15(22-13)24(2)3)26-17(20-10)23-16(25)21-12-6-4-5-11(18)9-12/h4-9H,1-3H3,(H2,20,21,23,25). The van der Waals surface area contributed by atoms with E-state index in [9.17, 15) is 4.79 Å². The topological polar surface area (TPSA) is 83.0 Å². The number of halogens is 1. The first-order chi connectivity index (χ1) is 12.4. The van der Waals surface area contributed by atoms with Crippen LogP contribution in [0.25, 0.3) is 10.6 Å². The summed E-state index contributed by atoms with van der Waals surface area (Å²) in [6, 6.07) is 8.37. The number of nitrogens with zero attached hydrogens (tertiary/aromatic N) is 4. The number of hydrogen-bond donors (Lipinski definition) is 2. The van der Waals surface area contributed by atoms with Crippen molar-refractivity contribution in [1.29, 1.82) is 0 Å². The quantitative estimate of drug-likeness (QED) is 0.697. The summed E-state index contributed by atoms with van der Waals surface area (Å²) in [4.78, 5) is 28.0. The van der Waals surface area contributed by atoms with Crippen molar-refractivity contribution >= 4 is 45.7 Å². The van der Waals surface area contributed by atoms with Crippen molar-refractivity contribution < 1.29 is 4.79 Å². The van der Waals surface area contributed by atoms with E-state index >= 15 is 0 Å². The maximum atomic E-state index is 12.2. The zero-order chi connectivity index (χ0) is 18.7. The van der Waals surface area contributed by atoms with Crippen molar-refractivity contribution in [1.82, 2.24) is 15.0 Å². The highest BCUT2D eigenvalue weighted by Crippen LogP contribution is 2.32. The number of aromatic nitrogens is 3. The Morgan fingerprint density at radius 3 is 2.73 bits per heavy atom. The largest absolute Gasteiger partial charge is 0.347 e. The predicted molar refractivity (Wildman–Crippen MR) is 106 cm³/mol. The Bertz CT molecular complexity index is 943. The van der Waals surface area contributed by atoms with Gasteiger partial charge in [-0.05, 0) is 31.2 Å². The molecule has 1 aromatic carbocycles. The molecule has 3 rings (SSSR count). The van der Waals surface area contributed by atoms with Crippen LogP contribution in [-0.4, -0.2) is 35.1 Å². The lowest BCUT2D eigenvalue weighted by molar-refractivity contribution is 0.262. The summed E-state index contributed by atoms with van der Waals surface area (Å²) < 4.78 is 0. The van der Waals surface area contributed by atoms with E-state index in [1.165, 1.54) is 11.3 Å². The van der Waals surface area contributed by atoms with Gasteiger partial charge in [0.05, 0.1) is 16.3 Å². The fourth-order valence-corrected chi connectivity index (χ4v) is 3.33. The first kappa shape index (κ1) is 18.1. The smallest absolute Gasteiger partial charge is 0.325 e. The molecule has 3 aromatic rings. The number of benzene rings is 1. The number of anilines is 3. The SMILES string of the molecule is Cc1nc(NC(=O)Nc2cccc(Cl)c2)sc1-c1ccnc(N(C)C)n1. The number of carbonyl (C=O) groups excluding carboxylic acids is 1. The summed E-state index contributed by atoms with van der Waals surface area (Å²) in [5.74, 6) is 0.614. The van der Waals surface area contributed by atoms with Crippen LogP contribution in [0, 0.1) is 6.92 Å². The van der Waals surface area contributed by atoms with Crippen LogP contribution in [0.1, 0.15) is 5.69 Å². The molecule has 26 heavy (non-hydrogen) atoms. The molecule has 0 aliphatic rings. The Kier molecular flexibility index (Phi) is 5.34. The van der Waals surface area contributed by atoms with Gasteiger partial charge in [0.1, 0.15) is 0 Å². The molecule has 0 bridgehead atoms. The van der Waals surface area contributed by atoms with E-state index in [1.807, 2.05) is 32.0 Å². The number of carbonyl (C=O) groups is 1. The van der Waals surface area contributed by atoms with Gasteiger partial charge in [-0.3, -0.25) is 5.32 Å². The molecular weight excluding hydrogens is 372 g/mol. The second-order valence-corrected chi connectivity index (χ2v) is 7.09. The molecule has 9 heteroatoms. The van der Waals surface area contributed by atoms with Gasteiger partial charge < -0.3 is 10.2 Å². The third kappa shape index (κ3) is 4.27. The summed E-state index contributed by atoms with van der Waals surface area (Å²) in [6.45, 7) is 1.88. The Balaban J connectivity index is 1.76. The van der Waals surface area contributed by atoms with Gasteiger partial charge in [0.25, 0.3) is 0 Å². The van der Waals surface area contributed by atoms with E-state index in [2.05, 4.69) is 25.6 Å². The third-order valence-electron chi connectivity index (χ3n) is 3.38. The molecule has 0 unspecified atom stereocenters. The number of urea groups is 1. The molecule has 2 N–H and O–H groups in total. The summed E-state index contributed by atoms with van der Waals surface area (Å²) >= 11 is 7.28. The Labute approximate surface area is 160 Å². The molecular formula is C17H17ClN6OS. The maximum absolute atomic E-state index is 12.2. The minimum atomic E-state index is -0.385. The summed E-state index contributed by atoms with van der Waals surface area (Å²) in [6.07, 6.45) is 1.70. The Morgan fingerprint density at radius 1 is 1.19 bits per heavy atom. The van der Waals surface area contributed by atoms with E-state index in [0.29, 0.717) is 21.8 Å². The van der Waals surface area contributed by atoms with Crippen molar-refractivity contribution in [2.75, 3.05) is 29.6 Å². The van der Waals surface area contributed by atoms with Crippen molar-refractivity contribution in [2.24, 2.45) is 0 Å². The van der Waals surface area contributed by atoms with Crippen LogP contribution < -0.4 is 15.5 Å². The van der Waals surface area contributed by atoms with Gasteiger partial charge in [0.2, 0.25) is 5.95 Å². The zero-order valence-electron chi connectivity index (χ0n) is 14.4. The van der Waals surface area contributed by atoms with Crippen LogP contribution in [0.4, 0.5) is 21.6 Å². The van der Waals surface area contributed by atoms with Crippen molar-refractivity contribution in [3.05, 3.63) is 47.2 Å². The molecule has 0 saturated heterocycles. The number of hydrogen-bond acceptors (Lipinski definition) is 6. The Hall–Kier alpha value is -2.71. The molecule has 134 valence electrons. The minimum Gasteiger partial charge on any atom is -0.347 e. The second-order valence-electron chi connectivity index (χ2n) is 5.66. The second kappa shape index (κ2) is 7.67. The van der Waals surface area contributed by atoms with Crippen molar-refractivity contribution in [3.8, 4) is 10.6 Å². The van der Waals surface area contributed by atoms with Crippen molar-refractivity contribution in [3.63, 3.8) is 0 Å². The monoisotopic (exact) mass is 388 g/mol. The molecule has 0 fully saturated rings. The molecule has 2 amide bonds. The molecule has 7 nitrogen and oxygen atoms in total. The fourth-order valence-electron chi connectivity index (χ4n) is 2.20. The summed E-state index contributed by atoms with van der Waals surface area (Å²) in [5, 5.41) is 6.50. The van der Waals surface area contributed by atoms with Gasteiger partial charge in [0.15, 0.2) is 5.13 Å². The van der Waals surface area contributed by atoms with Crippen LogP contribution >= 0.6 is 22.9 Å². The van der Waals surface area contributed by atoms with Gasteiger partial charge in [0, 0.05) is 31.0 Å². The minimum absolute atomic E-state index is 0.385. The van der Waals surface area contributed by atoms with Gasteiger partial charge in [-0.15, -0.1) is 0 Å². The zero-order valence-corrected chi connectivity index (χ0v) is 16.0. The molecule has 0 atom stereocenters. The lowest BCUT2D eigenvalue weighted by atomic mass is 10.3. The highest BCUT2D eigenvalue weighted by Gasteiger charge is 2.14. The predicted octanol–water partition coefficient (Wildman–Crippen LogP) is 4.27. The lowest BCUT2D eigenvalue weighted by Gasteiger charge is -2.10. The van der Waals surface area contributed by atoms with Crippen molar-refractivity contribution in [2.45, 2.75) is 6.92 Å². The average Bonchev–Trinajstić information content (AvgIpc) is 2.95. The van der Waals surface area contributed by atoms with E-state index in [-0.39, 0.29) is 6.03 Å². The number of rotatable bonds is 4. The number of thiazole rings is 1. The van der Waals surface area contributed by atoms with Crippen LogP contribution in [-0.2, 0) is 0 Å². The molecule has 0 spiro atoms. The summed E-state index contributed by atoms with van der Waals surface area (Å²) in [5.41, 5.74) is 2.16. The molecule has 2 aromatic heterocycles. The van der Waals surface area contributed by atoms with Gasteiger partial charge in [-0.1, -0.05) is 29.0 Å². The molecule has 0 saturated carbocycles. The van der Waals surface area contributed by atoms with Crippen LogP contribution in [0.15, 0.2) is 36.5 Å². The highest BCUT2D eigenvalue weighted by atomic mass is 35.5. The van der Waals surface area contributed by atoms with Gasteiger partial charge >= 0.3 is 6.03 Å². The van der Waals surface area contributed by atoms with Gasteiger partial charge in [-0.25, -0.2) is 19.7 Å². The Morgan fingerprint density at radius 2 is 2.00 bits per heavy atom. The van der Waals surface area contributed by atoms with E-state index < -0.39 is 0 Å². The number of aryl methyl sites for hydroxylation is 1. The molecule has 0 radical (unpaired) electrons.